The van der Waals surface area contributed by atoms with Crippen molar-refractivity contribution in [2.45, 2.75) is 25.3 Å². The molecule has 1 atom stereocenters. The largest absolute Gasteiger partial charge is 0.481 e. The van der Waals surface area contributed by atoms with Crippen LogP contribution < -0.4 is 5.32 Å². The maximum absolute atomic E-state index is 12.8. The van der Waals surface area contributed by atoms with E-state index in [9.17, 15) is 24.0 Å². The molecule has 2 N–H and O–H groups in total. The van der Waals surface area contributed by atoms with Crippen molar-refractivity contribution in [1.82, 2.24) is 10.2 Å². The molecule has 0 aliphatic carbocycles. The minimum atomic E-state index is -1.04. The first-order valence-electron chi connectivity index (χ1n) is 8.53. The molecule has 0 bridgehead atoms. The number of imide groups is 2. The number of hydrogen-bond acceptors (Lipinski definition) is 6. The molecule has 1 aromatic rings. The van der Waals surface area contributed by atoms with Crippen molar-refractivity contribution in [1.29, 1.82) is 0 Å². The maximum atomic E-state index is 12.8. The standard InChI is InChI=1S/C19H16N2O7/c22-14-7-6-13(17(25)20-14)21-18(26)12-5-1-3-11(16(12)19(21)27)4-2-9-28-10-8-15(23)24/h1,3,5,13H,6-10H2,(H,23,24)(H,20,22,25). The van der Waals surface area contributed by atoms with Crippen molar-refractivity contribution in [3.63, 3.8) is 0 Å². The van der Waals surface area contributed by atoms with E-state index in [0.29, 0.717) is 5.56 Å². The monoisotopic (exact) mass is 384 g/mol. The third-order valence-corrected chi connectivity index (χ3v) is 4.33. The van der Waals surface area contributed by atoms with Gasteiger partial charge in [-0.3, -0.25) is 34.2 Å². The van der Waals surface area contributed by atoms with Gasteiger partial charge in [-0.1, -0.05) is 17.9 Å². The summed E-state index contributed by atoms with van der Waals surface area (Å²) in [5.74, 6) is 2.10. The molecule has 0 radical (unpaired) electrons. The van der Waals surface area contributed by atoms with E-state index in [-0.39, 0.29) is 43.6 Å². The SMILES string of the molecule is O=C(O)CCOCC#Cc1cccc2c1C(=O)N(C1CCC(=O)NC1=O)C2=O. The molecule has 3 rings (SSSR count). The fourth-order valence-corrected chi connectivity index (χ4v) is 3.03. The number of aliphatic carboxylic acids is 1. The Kier molecular flexibility index (Phi) is 5.52. The van der Waals surface area contributed by atoms with Crippen molar-refractivity contribution in [3.05, 3.63) is 34.9 Å². The van der Waals surface area contributed by atoms with Crippen molar-refractivity contribution >= 4 is 29.6 Å². The Morgan fingerprint density at radius 1 is 1.25 bits per heavy atom. The molecule has 144 valence electrons. The zero-order valence-corrected chi connectivity index (χ0v) is 14.7. The number of hydrogen-bond donors (Lipinski definition) is 2. The summed E-state index contributed by atoms with van der Waals surface area (Å²) in [6.07, 6.45) is -0.0188. The van der Waals surface area contributed by atoms with Gasteiger partial charge >= 0.3 is 5.97 Å². The molecule has 2 aliphatic heterocycles. The van der Waals surface area contributed by atoms with Crippen LogP contribution in [-0.2, 0) is 19.1 Å². The van der Waals surface area contributed by atoms with E-state index in [1.54, 1.807) is 12.1 Å². The summed E-state index contributed by atoms with van der Waals surface area (Å²) >= 11 is 0. The molecule has 2 aliphatic rings. The summed E-state index contributed by atoms with van der Waals surface area (Å²) in [4.78, 5) is 60.2. The number of carbonyl (C=O) groups excluding carboxylic acids is 4. The van der Waals surface area contributed by atoms with E-state index in [1.807, 2.05) is 0 Å². The molecule has 28 heavy (non-hydrogen) atoms. The van der Waals surface area contributed by atoms with E-state index in [0.717, 1.165) is 4.90 Å². The highest BCUT2D eigenvalue weighted by molar-refractivity contribution is 6.24. The number of amides is 4. The van der Waals surface area contributed by atoms with Gasteiger partial charge in [0.15, 0.2) is 0 Å². The van der Waals surface area contributed by atoms with Gasteiger partial charge in [-0.2, -0.15) is 0 Å². The Bertz CT molecular complexity index is 941. The average Bonchev–Trinajstić information content (AvgIpc) is 2.90. The Morgan fingerprint density at radius 2 is 2.04 bits per heavy atom. The van der Waals surface area contributed by atoms with E-state index in [1.165, 1.54) is 6.07 Å². The second-order valence-corrected chi connectivity index (χ2v) is 6.17. The number of benzene rings is 1. The second kappa shape index (κ2) is 8.02. The minimum Gasteiger partial charge on any atom is -0.481 e. The third kappa shape index (κ3) is 3.77. The molecule has 0 aromatic heterocycles. The van der Waals surface area contributed by atoms with Crippen LogP contribution in [0.3, 0.4) is 0 Å². The molecule has 1 unspecified atom stereocenters. The lowest BCUT2D eigenvalue weighted by molar-refractivity contribution is -0.138. The number of fused-ring (bicyclic) bond motifs is 1. The van der Waals surface area contributed by atoms with Gasteiger partial charge in [0.25, 0.3) is 11.8 Å². The molecule has 0 spiro atoms. The molecule has 9 nitrogen and oxygen atoms in total. The van der Waals surface area contributed by atoms with Crippen molar-refractivity contribution in [3.8, 4) is 11.8 Å². The Balaban J connectivity index is 1.78. The predicted octanol–water partition coefficient (Wildman–Crippen LogP) is -0.0694. The molecular formula is C19H16N2O7. The molecule has 0 saturated carbocycles. The first kappa shape index (κ1) is 19.3. The van der Waals surface area contributed by atoms with Crippen LogP contribution in [0.25, 0.3) is 0 Å². The highest BCUT2D eigenvalue weighted by Crippen LogP contribution is 2.29. The van der Waals surface area contributed by atoms with Gasteiger partial charge in [0.05, 0.1) is 24.2 Å². The van der Waals surface area contributed by atoms with Gasteiger partial charge in [0, 0.05) is 12.0 Å². The first-order valence-corrected chi connectivity index (χ1v) is 8.53. The summed E-state index contributed by atoms with van der Waals surface area (Å²) in [6, 6.07) is 3.59. The van der Waals surface area contributed by atoms with Crippen LogP contribution in [0.5, 0.6) is 0 Å². The van der Waals surface area contributed by atoms with Crippen LogP contribution in [0.2, 0.25) is 0 Å². The lowest BCUT2D eigenvalue weighted by atomic mass is 10.0. The molecular weight excluding hydrogens is 368 g/mol. The predicted molar refractivity (Wildman–Crippen MR) is 93.1 cm³/mol. The summed E-state index contributed by atoms with van der Waals surface area (Å²) in [5.41, 5.74) is 0.566. The maximum Gasteiger partial charge on any atom is 0.305 e. The zero-order valence-electron chi connectivity index (χ0n) is 14.7. The third-order valence-electron chi connectivity index (χ3n) is 4.33. The van der Waals surface area contributed by atoms with Gasteiger partial charge in [-0.15, -0.1) is 0 Å². The van der Waals surface area contributed by atoms with Crippen LogP contribution >= 0.6 is 0 Å². The van der Waals surface area contributed by atoms with E-state index in [2.05, 4.69) is 17.2 Å². The van der Waals surface area contributed by atoms with Crippen molar-refractivity contribution in [2.75, 3.05) is 13.2 Å². The van der Waals surface area contributed by atoms with E-state index < -0.39 is 35.6 Å². The smallest absolute Gasteiger partial charge is 0.305 e. The number of nitrogens with one attached hydrogen (secondary N) is 1. The van der Waals surface area contributed by atoms with Crippen LogP contribution in [0.4, 0.5) is 0 Å². The lowest BCUT2D eigenvalue weighted by Crippen LogP contribution is -2.54. The van der Waals surface area contributed by atoms with Crippen LogP contribution in [0, 0.1) is 11.8 Å². The number of nitrogens with zero attached hydrogens (tertiary/aromatic N) is 1. The van der Waals surface area contributed by atoms with Gasteiger partial charge in [0.2, 0.25) is 11.8 Å². The summed E-state index contributed by atoms with van der Waals surface area (Å²) in [5, 5.41) is 10.7. The van der Waals surface area contributed by atoms with Crippen LogP contribution in [0.15, 0.2) is 18.2 Å². The number of carbonyl (C=O) groups is 5. The summed E-state index contributed by atoms with van der Waals surface area (Å²) < 4.78 is 5.07. The van der Waals surface area contributed by atoms with Gasteiger partial charge in [-0.25, -0.2) is 0 Å². The molecule has 2 heterocycles. The molecule has 1 saturated heterocycles. The Morgan fingerprint density at radius 3 is 2.75 bits per heavy atom. The molecule has 1 fully saturated rings. The highest BCUT2D eigenvalue weighted by atomic mass is 16.5. The molecule has 9 heteroatoms. The average molecular weight is 384 g/mol. The lowest BCUT2D eigenvalue weighted by Gasteiger charge is -2.27. The minimum absolute atomic E-state index is 0.0115. The highest BCUT2D eigenvalue weighted by Gasteiger charge is 2.45. The van der Waals surface area contributed by atoms with E-state index >= 15 is 0 Å². The number of carboxylic acid groups (broad SMARTS) is 1. The Labute approximate surface area is 159 Å². The van der Waals surface area contributed by atoms with Crippen LogP contribution in [0.1, 0.15) is 45.5 Å². The number of carboxylic acids is 1. The molecule has 1 aromatic carbocycles. The number of rotatable bonds is 5. The quantitative estimate of drug-likeness (QED) is 0.413. The normalized spacial score (nSPS) is 18.4. The van der Waals surface area contributed by atoms with Gasteiger partial charge in [0.1, 0.15) is 12.6 Å². The van der Waals surface area contributed by atoms with E-state index in [4.69, 9.17) is 9.84 Å². The van der Waals surface area contributed by atoms with Gasteiger partial charge in [-0.05, 0) is 18.6 Å². The fraction of sp³-hybridized carbons (Fsp3) is 0.316. The Hall–Kier alpha value is -3.51. The van der Waals surface area contributed by atoms with Gasteiger partial charge < -0.3 is 9.84 Å². The number of piperidine rings is 1. The molecule has 4 amide bonds. The summed E-state index contributed by atoms with van der Waals surface area (Å²) in [6.45, 7) is -0.0203. The zero-order chi connectivity index (χ0) is 20.3. The van der Waals surface area contributed by atoms with Crippen LogP contribution in [-0.4, -0.2) is 58.9 Å². The second-order valence-electron chi connectivity index (χ2n) is 6.17. The fourth-order valence-electron chi connectivity index (χ4n) is 3.03. The first-order chi connectivity index (χ1) is 13.4. The van der Waals surface area contributed by atoms with Crippen molar-refractivity contribution in [2.24, 2.45) is 0 Å². The number of ether oxygens (including phenoxy) is 1. The van der Waals surface area contributed by atoms with Crippen molar-refractivity contribution < 1.29 is 33.8 Å². The topological polar surface area (TPSA) is 130 Å². The summed E-state index contributed by atoms with van der Waals surface area (Å²) in [7, 11) is 0.